The summed E-state index contributed by atoms with van der Waals surface area (Å²) in [5.74, 6) is 1.30. The fourth-order valence-corrected chi connectivity index (χ4v) is 5.48. The molecule has 2 heterocycles. The van der Waals surface area contributed by atoms with Gasteiger partial charge in [-0.2, -0.15) is 24.9 Å². The van der Waals surface area contributed by atoms with Crippen LogP contribution in [0.15, 0.2) is 46.7 Å². The van der Waals surface area contributed by atoms with Crippen molar-refractivity contribution in [1.29, 1.82) is 0 Å². The van der Waals surface area contributed by atoms with E-state index in [0.717, 1.165) is 23.6 Å². The number of nitrogens with one attached hydrogen (secondary N) is 1. The standard InChI is InChI=1S/C22H18Cl2F3N3O3S/c1-11-5-12(3-4-16(11)19(31)28-20(2)9-34-10-20)17-18(29-32)21(33-30-17,22(25,26)27)13-6-14(23)8-15(24)7-13/h3-8,18H,9-10H2,1-2H3,(H,28,31). The van der Waals surface area contributed by atoms with Crippen LogP contribution in [0.3, 0.4) is 0 Å². The van der Waals surface area contributed by atoms with Gasteiger partial charge in [0, 0.05) is 38.2 Å². The van der Waals surface area contributed by atoms with Gasteiger partial charge in [0.1, 0.15) is 5.71 Å². The third-order valence-corrected chi connectivity index (χ3v) is 7.89. The highest BCUT2D eigenvalue weighted by Gasteiger charge is 2.69. The first kappa shape index (κ1) is 24.8. The smallest absolute Gasteiger partial charge is 0.371 e. The average molecular weight is 532 g/mol. The molecule has 1 N–H and O–H groups in total. The number of nitrogens with zero attached hydrogens (tertiary/aromatic N) is 2. The zero-order valence-electron chi connectivity index (χ0n) is 17.9. The van der Waals surface area contributed by atoms with Crippen LogP contribution in [0, 0.1) is 11.8 Å². The van der Waals surface area contributed by atoms with Crippen molar-refractivity contribution in [3.05, 3.63) is 73.6 Å². The number of benzene rings is 2. The van der Waals surface area contributed by atoms with Crippen molar-refractivity contribution in [2.75, 3.05) is 11.5 Å². The Morgan fingerprint density at radius 1 is 1.21 bits per heavy atom. The Bertz CT molecular complexity index is 1180. The average Bonchev–Trinajstić information content (AvgIpc) is 3.12. The lowest BCUT2D eigenvalue weighted by Crippen LogP contribution is -2.55. The van der Waals surface area contributed by atoms with Crippen molar-refractivity contribution in [2.45, 2.75) is 37.2 Å². The molecule has 6 nitrogen and oxygen atoms in total. The minimum Gasteiger partial charge on any atom is -0.371 e. The van der Waals surface area contributed by atoms with Crippen molar-refractivity contribution in [2.24, 2.45) is 10.3 Å². The van der Waals surface area contributed by atoms with Gasteiger partial charge in [-0.05, 0) is 49.7 Å². The molecule has 2 aliphatic heterocycles. The molecule has 4 rings (SSSR count). The van der Waals surface area contributed by atoms with E-state index < -0.39 is 23.4 Å². The molecule has 0 bridgehead atoms. The number of alkyl halides is 3. The molecule has 1 saturated heterocycles. The van der Waals surface area contributed by atoms with E-state index >= 15 is 0 Å². The number of thioether (sulfide) groups is 1. The van der Waals surface area contributed by atoms with Gasteiger partial charge in [-0.25, -0.2) is 0 Å². The molecule has 2 unspecified atom stereocenters. The summed E-state index contributed by atoms with van der Waals surface area (Å²) in [6.45, 7) is 3.58. The Labute approximate surface area is 207 Å². The second-order valence-electron chi connectivity index (χ2n) is 8.50. The lowest BCUT2D eigenvalue weighted by Gasteiger charge is -2.38. The van der Waals surface area contributed by atoms with Crippen LogP contribution in [0.25, 0.3) is 0 Å². The molecule has 0 radical (unpaired) electrons. The Hall–Kier alpha value is -2.30. The largest absolute Gasteiger partial charge is 0.438 e. The molecular weight excluding hydrogens is 514 g/mol. The third-order valence-electron chi connectivity index (χ3n) is 5.77. The summed E-state index contributed by atoms with van der Waals surface area (Å²) in [5.41, 5.74) is -3.30. The summed E-state index contributed by atoms with van der Waals surface area (Å²) in [6.07, 6.45) is -5.09. The van der Waals surface area contributed by atoms with Gasteiger partial charge in [-0.1, -0.05) is 39.6 Å². The van der Waals surface area contributed by atoms with E-state index in [1.807, 2.05) is 6.92 Å². The monoisotopic (exact) mass is 531 g/mol. The van der Waals surface area contributed by atoms with Crippen molar-refractivity contribution in [3.8, 4) is 0 Å². The Morgan fingerprint density at radius 2 is 1.85 bits per heavy atom. The van der Waals surface area contributed by atoms with Gasteiger partial charge in [0.25, 0.3) is 11.5 Å². The SMILES string of the molecule is Cc1cc(C2=NOC(c3cc(Cl)cc(Cl)c3)(C(F)(F)F)C2N=O)ccc1C(=O)NC1(C)CSC1. The number of halogens is 5. The summed E-state index contributed by atoms with van der Waals surface area (Å²) < 4.78 is 43.2. The first-order valence-electron chi connectivity index (χ1n) is 10.0. The molecule has 0 aromatic heterocycles. The van der Waals surface area contributed by atoms with Crippen molar-refractivity contribution < 1.29 is 22.8 Å². The maximum atomic E-state index is 14.4. The highest BCUT2D eigenvalue weighted by atomic mass is 35.5. The zero-order valence-corrected chi connectivity index (χ0v) is 20.2. The molecule has 34 heavy (non-hydrogen) atoms. The summed E-state index contributed by atoms with van der Waals surface area (Å²) in [4.78, 5) is 29.5. The lowest BCUT2D eigenvalue weighted by molar-refractivity contribution is -0.279. The Morgan fingerprint density at radius 3 is 2.35 bits per heavy atom. The predicted molar refractivity (Wildman–Crippen MR) is 126 cm³/mol. The molecule has 1 fully saturated rings. The van der Waals surface area contributed by atoms with Crippen LogP contribution in [-0.4, -0.2) is 40.9 Å². The van der Waals surface area contributed by atoms with E-state index in [9.17, 15) is 22.9 Å². The normalized spacial score (nSPS) is 23.5. The van der Waals surface area contributed by atoms with E-state index in [2.05, 4.69) is 15.6 Å². The number of carbonyl (C=O) groups is 1. The maximum Gasteiger partial charge on any atom is 0.438 e. The summed E-state index contributed by atoms with van der Waals surface area (Å²) in [7, 11) is 0. The summed E-state index contributed by atoms with van der Waals surface area (Å²) >= 11 is 13.6. The highest BCUT2D eigenvalue weighted by molar-refractivity contribution is 8.00. The number of aryl methyl sites for hydroxylation is 1. The molecule has 0 aliphatic carbocycles. The molecule has 0 saturated carbocycles. The van der Waals surface area contributed by atoms with Crippen LogP contribution >= 0.6 is 35.0 Å². The first-order valence-corrected chi connectivity index (χ1v) is 11.9. The topological polar surface area (TPSA) is 80.1 Å². The number of amides is 1. The highest BCUT2D eigenvalue weighted by Crippen LogP contribution is 2.51. The number of rotatable bonds is 5. The minimum atomic E-state index is -5.09. The van der Waals surface area contributed by atoms with E-state index in [1.54, 1.807) is 18.7 Å². The van der Waals surface area contributed by atoms with E-state index in [4.69, 9.17) is 28.0 Å². The van der Waals surface area contributed by atoms with Crippen LogP contribution in [0.1, 0.15) is 34.0 Å². The van der Waals surface area contributed by atoms with E-state index in [0.29, 0.717) is 11.1 Å². The maximum absolute atomic E-state index is 14.4. The predicted octanol–water partition coefficient (Wildman–Crippen LogP) is 5.86. The molecule has 12 heteroatoms. The number of nitroso groups, excluding NO2 is 1. The van der Waals surface area contributed by atoms with Gasteiger partial charge in [0.15, 0.2) is 6.04 Å². The quantitative estimate of drug-likeness (QED) is 0.489. The fourth-order valence-electron chi connectivity index (χ4n) is 4.00. The molecule has 2 aliphatic rings. The third kappa shape index (κ3) is 4.16. The van der Waals surface area contributed by atoms with Crippen LogP contribution in [0.2, 0.25) is 10.0 Å². The molecule has 1 amide bonds. The van der Waals surface area contributed by atoms with Gasteiger partial charge in [0.2, 0.25) is 0 Å². The van der Waals surface area contributed by atoms with E-state index in [1.165, 1.54) is 24.3 Å². The lowest BCUT2D eigenvalue weighted by atomic mass is 9.82. The van der Waals surface area contributed by atoms with Crippen molar-refractivity contribution >= 4 is 46.6 Å². The molecule has 2 aromatic rings. The van der Waals surface area contributed by atoms with Gasteiger partial charge >= 0.3 is 6.18 Å². The van der Waals surface area contributed by atoms with E-state index in [-0.39, 0.29) is 32.8 Å². The first-order chi connectivity index (χ1) is 15.9. The number of carbonyl (C=O) groups excluding carboxylic acids is 1. The number of hydrogen-bond donors (Lipinski definition) is 1. The van der Waals surface area contributed by atoms with Crippen molar-refractivity contribution in [1.82, 2.24) is 5.32 Å². The van der Waals surface area contributed by atoms with Gasteiger partial charge in [-0.3, -0.25) is 4.79 Å². The zero-order chi connectivity index (χ0) is 24.9. The van der Waals surface area contributed by atoms with Crippen LogP contribution in [0.4, 0.5) is 13.2 Å². The molecular formula is C22H18Cl2F3N3O3S. The van der Waals surface area contributed by atoms with Crippen LogP contribution < -0.4 is 5.32 Å². The second kappa shape index (κ2) is 8.73. The summed E-state index contributed by atoms with van der Waals surface area (Å²) in [6, 6.07) is 5.57. The van der Waals surface area contributed by atoms with Gasteiger partial charge in [0.05, 0.1) is 5.54 Å². The molecule has 0 spiro atoms. The number of oxime groups is 1. The number of hydrogen-bond acceptors (Lipinski definition) is 6. The second-order valence-corrected chi connectivity index (χ2v) is 10.4. The van der Waals surface area contributed by atoms with Gasteiger partial charge < -0.3 is 10.2 Å². The Balaban J connectivity index is 1.71. The fraction of sp³-hybridized carbons (Fsp3) is 0.364. The molecule has 2 aromatic carbocycles. The molecule has 2 atom stereocenters. The minimum absolute atomic E-state index is 0.0717. The van der Waals surface area contributed by atoms with Crippen LogP contribution in [0.5, 0.6) is 0 Å². The van der Waals surface area contributed by atoms with Crippen LogP contribution in [-0.2, 0) is 10.4 Å². The Kier molecular flexibility index (Phi) is 6.37. The summed E-state index contributed by atoms with van der Waals surface area (Å²) in [5, 5.41) is 9.21. The molecule has 180 valence electrons. The van der Waals surface area contributed by atoms with Crippen molar-refractivity contribution in [3.63, 3.8) is 0 Å². The van der Waals surface area contributed by atoms with Gasteiger partial charge in [-0.15, -0.1) is 4.91 Å².